The molecule has 1 heterocycles. The highest BCUT2D eigenvalue weighted by atomic mass is 79.9. The van der Waals surface area contributed by atoms with Crippen molar-refractivity contribution in [2.24, 2.45) is 0 Å². The number of carbonyl (C=O) groups excluding carboxylic acids is 1. The molecule has 3 nitrogen and oxygen atoms in total. The largest absolute Gasteiger partial charge is 0.461 e. The third-order valence-corrected chi connectivity index (χ3v) is 2.40. The molecule has 0 unspecified atom stereocenters. The van der Waals surface area contributed by atoms with E-state index < -0.39 is 11.9 Å². The first-order valence-electron chi connectivity index (χ1n) is 4.82. The smallest absolute Gasteiger partial charge is 0.381 e. The lowest BCUT2D eigenvalue weighted by Gasteiger charge is -2.10. The fraction of sp³-hybridized carbons (Fsp3) is 0.273. The third kappa shape index (κ3) is 3.89. The van der Waals surface area contributed by atoms with Crippen molar-refractivity contribution < 1.29 is 18.3 Å². The highest BCUT2D eigenvalue weighted by Crippen LogP contribution is 2.27. The van der Waals surface area contributed by atoms with Gasteiger partial charge in [-0.05, 0) is 35.0 Å². The molecular formula is C11H10BrF2NO2. The van der Waals surface area contributed by atoms with E-state index in [-0.39, 0.29) is 11.1 Å². The van der Waals surface area contributed by atoms with Crippen LogP contribution < -0.4 is 0 Å². The monoisotopic (exact) mass is 305 g/mol. The summed E-state index contributed by atoms with van der Waals surface area (Å²) in [7, 11) is 0. The van der Waals surface area contributed by atoms with Crippen molar-refractivity contribution >= 4 is 26.4 Å². The topological polar surface area (TPSA) is 39.2 Å². The molecule has 0 N–H and O–H groups in total. The zero-order chi connectivity index (χ0) is 12.9. The molecule has 0 saturated carbocycles. The predicted octanol–water partition coefficient (Wildman–Crippen LogP) is 3.02. The summed E-state index contributed by atoms with van der Waals surface area (Å²) in [6.45, 7) is 1.37. The summed E-state index contributed by atoms with van der Waals surface area (Å²) in [5.41, 5.74) is 0.316. The molecule has 0 saturated heterocycles. The Hall–Kier alpha value is -1.30. The van der Waals surface area contributed by atoms with E-state index in [1.807, 2.05) is 0 Å². The van der Waals surface area contributed by atoms with Crippen LogP contribution >= 0.6 is 15.9 Å². The van der Waals surface area contributed by atoms with E-state index in [1.165, 1.54) is 13.1 Å². The van der Waals surface area contributed by atoms with Crippen LogP contribution in [0.5, 0.6) is 0 Å². The number of hydrogen-bond acceptors (Lipinski definition) is 3. The van der Waals surface area contributed by atoms with Gasteiger partial charge in [0, 0.05) is 16.8 Å². The van der Waals surface area contributed by atoms with Gasteiger partial charge in [-0.15, -0.1) is 0 Å². The molecule has 0 aromatic carbocycles. The molecule has 0 amide bonds. The quantitative estimate of drug-likeness (QED) is 0.803. The zero-order valence-electron chi connectivity index (χ0n) is 8.99. The first-order chi connectivity index (χ1) is 7.97. The van der Waals surface area contributed by atoms with E-state index in [9.17, 15) is 13.6 Å². The lowest BCUT2D eigenvalue weighted by Crippen LogP contribution is -2.28. The third-order valence-electron chi connectivity index (χ3n) is 1.77. The summed E-state index contributed by atoms with van der Waals surface area (Å²) < 4.78 is 31.0. The zero-order valence-corrected chi connectivity index (χ0v) is 10.6. The summed E-state index contributed by atoms with van der Waals surface area (Å²) in [6, 6.07) is 4.86. The van der Waals surface area contributed by atoms with Crippen molar-refractivity contribution in [1.82, 2.24) is 4.98 Å². The van der Waals surface area contributed by atoms with Gasteiger partial charge >= 0.3 is 11.9 Å². The Kier molecular flexibility index (Phi) is 4.74. The number of ether oxygens (including phenoxy) is 1. The highest BCUT2D eigenvalue weighted by molar-refractivity contribution is 9.15. The minimum Gasteiger partial charge on any atom is -0.461 e. The van der Waals surface area contributed by atoms with E-state index in [0.717, 1.165) is 0 Å². The van der Waals surface area contributed by atoms with Gasteiger partial charge in [0.05, 0.1) is 12.3 Å². The highest BCUT2D eigenvalue weighted by Gasteiger charge is 2.38. The van der Waals surface area contributed by atoms with E-state index in [1.54, 1.807) is 18.2 Å². The number of carbonyl (C=O) groups is 1. The molecule has 6 heteroatoms. The van der Waals surface area contributed by atoms with Crippen LogP contribution in [0.15, 0.2) is 30.5 Å². The van der Waals surface area contributed by atoms with Gasteiger partial charge in [0.2, 0.25) is 0 Å². The number of nitrogens with zero attached hydrogens (tertiary/aromatic N) is 1. The second-order valence-corrected chi connectivity index (χ2v) is 3.91. The maximum Gasteiger partial charge on any atom is 0.381 e. The summed E-state index contributed by atoms with van der Waals surface area (Å²) in [5.74, 6) is -5.25. The molecule has 1 aromatic heterocycles. The maximum absolute atomic E-state index is 13.3. The van der Waals surface area contributed by atoms with Crippen molar-refractivity contribution in [3.63, 3.8) is 0 Å². The summed E-state index contributed by atoms with van der Waals surface area (Å²) in [6.07, 6.45) is 1.94. The molecular weight excluding hydrogens is 296 g/mol. The van der Waals surface area contributed by atoms with Crippen LogP contribution in [0.3, 0.4) is 0 Å². The standard InChI is InChI=1S/C11H10BrF2NO2/c1-2-17-10(16)11(13,14)7-8(12)9-5-3-4-6-15-9/h3-7H,2H2,1H3/b8-7+. The normalized spacial score (nSPS) is 12.4. The second kappa shape index (κ2) is 5.86. The molecule has 0 aliphatic heterocycles. The summed E-state index contributed by atoms with van der Waals surface area (Å²) in [4.78, 5) is 14.8. The molecule has 1 aromatic rings. The fourth-order valence-electron chi connectivity index (χ4n) is 1.02. The number of pyridine rings is 1. The van der Waals surface area contributed by atoms with Crippen molar-refractivity contribution in [3.8, 4) is 0 Å². The molecule has 0 atom stereocenters. The Morgan fingerprint density at radius 3 is 2.82 bits per heavy atom. The lowest BCUT2D eigenvalue weighted by molar-refractivity contribution is -0.164. The van der Waals surface area contributed by atoms with E-state index in [2.05, 4.69) is 25.7 Å². The molecule has 1 rings (SSSR count). The van der Waals surface area contributed by atoms with Crippen LogP contribution in [0.4, 0.5) is 8.78 Å². The molecule has 0 bridgehead atoms. The Bertz CT molecular complexity index is 421. The molecule has 0 spiro atoms. The number of rotatable bonds is 4. The van der Waals surface area contributed by atoms with Gasteiger partial charge < -0.3 is 4.74 Å². The molecule has 0 fully saturated rings. The van der Waals surface area contributed by atoms with Gasteiger partial charge in [-0.25, -0.2) is 4.79 Å². The SMILES string of the molecule is CCOC(=O)C(F)(F)/C=C(/Br)c1ccccn1. The van der Waals surface area contributed by atoms with E-state index >= 15 is 0 Å². The minimum absolute atomic E-state index is 0.0381. The van der Waals surface area contributed by atoms with E-state index in [4.69, 9.17) is 0 Å². The molecule has 0 aliphatic carbocycles. The van der Waals surface area contributed by atoms with Crippen molar-refractivity contribution in [1.29, 1.82) is 0 Å². The van der Waals surface area contributed by atoms with Gasteiger partial charge in [-0.3, -0.25) is 4.98 Å². The van der Waals surface area contributed by atoms with Gasteiger partial charge in [-0.2, -0.15) is 8.78 Å². The molecule has 0 aliphatic rings. The van der Waals surface area contributed by atoms with Crippen LogP contribution in [-0.2, 0) is 9.53 Å². The molecule has 92 valence electrons. The minimum atomic E-state index is -3.67. The Morgan fingerprint density at radius 2 is 2.29 bits per heavy atom. The average Bonchev–Trinajstić information content (AvgIpc) is 2.30. The van der Waals surface area contributed by atoms with Crippen LogP contribution in [0.25, 0.3) is 4.48 Å². The predicted molar refractivity (Wildman–Crippen MR) is 62.7 cm³/mol. The number of esters is 1. The summed E-state index contributed by atoms with van der Waals surface area (Å²) >= 11 is 2.95. The summed E-state index contributed by atoms with van der Waals surface area (Å²) in [5, 5.41) is 0. The maximum atomic E-state index is 13.3. The fourth-order valence-corrected chi connectivity index (χ4v) is 1.55. The first-order valence-corrected chi connectivity index (χ1v) is 5.61. The van der Waals surface area contributed by atoms with Crippen LogP contribution in [0, 0.1) is 0 Å². The second-order valence-electron chi connectivity index (χ2n) is 3.05. The van der Waals surface area contributed by atoms with Gasteiger partial charge in [-0.1, -0.05) is 6.07 Å². The van der Waals surface area contributed by atoms with Crippen molar-refractivity contribution in [3.05, 3.63) is 36.2 Å². The van der Waals surface area contributed by atoms with Crippen LogP contribution in [0.1, 0.15) is 12.6 Å². The Balaban J connectivity index is 2.91. The molecule has 0 radical (unpaired) electrons. The lowest BCUT2D eigenvalue weighted by atomic mass is 10.2. The van der Waals surface area contributed by atoms with Gasteiger partial charge in [0.15, 0.2) is 0 Å². The number of halogens is 3. The number of alkyl halides is 2. The van der Waals surface area contributed by atoms with Gasteiger partial charge in [0.25, 0.3) is 0 Å². The van der Waals surface area contributed by atoms with Gasteiger partial charge in [0.1, 0.15) is 0 Å². The Morgan fingerprint density at radius 1 is 1.59 bits per heavy atom. The number of hydrogen-bond donors (Lipinski definition) is 0. The van der Waals surface area contributed by atoms with Crippen molar-refractivity contribution in [2.75, 3.05) is 6.61 Å². The number of aromatic nitrogens is 1. The average molecular weight is 306 g/mol. The first kappa shape index (κ1) is 13.8. The Labute approximate surface area is 106 Å². The van der Waals surface area contributed by atoms with E-state index in [0.29, 0.717) is 11.8 Å². The van der Waals surface area contributed by atoms with Crippen LogP contribution in [0.2, 0.25) is 0 Å². The van der Waals surface area contributed by atoms with Crippen LogP contribution in [-0.4, -0.2) is 23.5 Å². The molecule has 17 heavy (non-hydrogen) atoms. The van der Waals surface area contributed by atoms with Crippen molar-refractivity contribution in [2.45, 2.75) is 12.8 Å².